The topological polar surface area (TPSA) is 70.7 Å². The Labute approximate surface area is 95.3 Å². The van der Waals surface area contributed by atoms with Gasteiger partial charge in [-0.2, -0.15) is 0 Å². The highest BCUT2D eigenvalue weighted by atomic mass is 16.5. The second-order valence-corrected chi connectivity index (χ2v) is 4.20. The third-order valence-electron chi connectivity index (χ3n) is 2.43. The number of ether oxygens (including phenoxy) is 1. The van der Waals surface area contributed by atoms with E-state index in [0.717, 1.165) is 13.1 Å². The van der Waals surface area contributed by atoms with Crippen molar-refractivity contribution in [1.82, 2.24) is 15.5 Å². The van der Waals surface area contributed by atoms with E-state index in [1.165, 1.54) is 7.11 Å². The van der Waals surface area contributed by atoms with Gasteiger partial charge in [-0.3, -0.25) is 15.0 Å². The van der Waals surface area contributed by atoms with Crippen molar-refractivity contribution < 1.29 is 14.3 Å². The van der Waals surface area contributed by atoms with Gasteiger partial charge in [0.15, 0.2) is 0 Å². The molecule has 1 saturated heterocycles. The predicted molar refractivity (Wildman–Crippen MR) is 59.0 cm³/mol. The highest BCUT2D eigenvalue weighted by Crippen LogP contribution is 2.03. The molecule has 0 radical (unpaired) electrons. The Morgan fingerprint density at radius 3 is 2.44 bits per heavy atom. The lowest BCUT2D eigenvalue weighted by atomic mass is 10.1. The van der Waals surface area contributed by atoms with Gasteiger partial charge in [0.25, 0.3) is 0 Å². The maximum Gasteiger partial charge on any atom is 0.413 e. The highest BCUT2D eigenvalue weighted by Gasteiger charge is 2.22. The van der Waals surface area contributed by atoms with E-state index < -0.39 is 6.09 Å². The Morgan fingerprint density at radius 1 is 1.38 bits per heavy atom. The molecule has 1 heterocycles. The van der Waals surface area contributed by atoms with Crippen LogP contribution in [0.15, 0.2) is 0 Å². The van der Waals surface area contributed by atoms with Crippen LogP contribution in [0.1, 0.15) is 13.8 Å². The zero-order valence-corrected chi connectivity index (χ0v) is 9.95. The number of carbonyl (C=O) groups is 2. The van der Waals surface area contributed by atoms with Crippen LogP contribution >= 0.6 is 0 Å². The van der Waals surface area contributed by atoms with E-state index in [-0.39, 0.29) is 12.5 Å². The molecule has 2 unspecified atom stereocenters. The molecule has 0 aromatic rings. The van der Waals surface area contributed by atoms with Crippen LogP contribution in [0.3, 0.4) is 0 Å². The molecule has 0 saturated carbocycles. The number of piperazine rings is 1. The molecular formula is C10H19N3O3. The Bertz CT molecular complexity index is 260. The van der Waals surface area contributed by atoms with Crippen LogP contribution in [-0.2, 0) is 9.53 Å². The van der Waals surface area contributed by atoms with Gasteiger partial charge in [-0.05, 0) is 13.8 Å². The molecular weight excluding hydrogens is 210 g/mol. The van der Waals surface area contributed by atoms with Crippen LogP contribution in [0.25, 0.3) is 0 Å². The predicted octanol–water partition coefficient (Wildman–Crippen LogP) is -0.449. The summed E-state index contributed by atoms with van der Waals surface area (Å²) in [4.78, 5) is 24.2. The van der Waals surface area contributed by atoms with Gasteiger partial charge in [-0.1, -0.05) is 0 Å². The molecule has 0 spiro atoms. The minimum absolute atomic E-state index is 0.228. The van der Waals surface area contributed by atoms with Crippen LogP contribution in [0, 0.1) is 0 Å². The number of amides is 2. The van der Waals surface area contributed by atoms with Gasteiger partial charge in [0.05, 0.1) is 13.7 Å². The fraction of sp³-hybridized carbons (Fsp3) is 0.800. The van der Waals surface area contributed by atoms with Gasteiger partial charge in [0.2, 0.25) is 5.91 Å². The first-order chi connectivity index (χ1) is 7.51. The number of methoxy groups -OCH3 is 1. The summed E-state index contributed by atoms with van der Waals surface area (Å²) < 4.78 is 4.35. The van der Waals surface area contributed by atoms with Crippen LogP contribution in [0.2, 0.25) is 0 Å². The molecule has 2 atom stereocenters. The van der Waals surface area contributed by atoms with Crippen molar-refractivity contribution in [3.63, 3.8) is 0 Å². The second-order valence-electron chi connectivity index (χ2n) is 4.20. The molecule has 0 aromatic heterocycles. The van der Waals surface area contributed by atoms with Gasteiger partial charge in [-0.25, -0.2) is 4.79 Å². The van der Waals surface area contributed by atoms with Crippen molar-refractivity contribution in [2.24, 2.45) is 0 Å². The lowest BCUT2D eigenvalue weighted by molar-refractivity contribution is -0.121. The molecule has 1 fully saturated rings. The smallest absolute Gasteiger partial charge is 0.413 e. The molecule has 2 N–H and O–H groups in total. The summed E-state index contributed by atoms with van der Waals surface area (Å²) in [6.45, 7) is 5.98. The standard InChI is InChI=1S/C10H19N3O3/c1-7-4-13(5-8(2)11-7)6-9(14)12-10(15)16-3/h7-8,11H,4-6H2,1-3H3,(H,12,14,15). The molecule has 1 rings (SSSR count). The van der Waals surface area contributed by atoms with Crippen LogP contribution < -0.4 is 10.6 Å². The van der Waals surface area contributed by atoms with E-state index in [1.54, 1.807) is 0 Å². The minimum Gasteiger partial charge on any atom is -0.453 e. The fourth-order valence-corrected chi connectivity index (χ4v) is 1.98. The molecule has 1 aliphatic rings. The summed E-state index contributed by atoms with van der Waals surface area (Å²) in [6, 6.07) is 0.712. The average molecular weight is 229 g/mol. The molecule has 6 nitrogen and oxygen atoms in total. The van der Waals surface area contributed by atoms with Crippen molar-refractivity contribution in [3.05, 3.63) is 0 Å². The lowest BCUT2D eigenvalue weighted by Crippen LogP contribution is -2.56. The number of imide groups is 1. The van der Waals surface area contributed by atoms with Gasteiger partial charge in [0, 0.05) is 25.2 Å². The molecule has 0 aromatic carbocycles. The highest BCUT2D eigenvalue weighted by molar-refractivity contribution is 5.92. The van der Waals surface area contributed by atoms with Crippen molar-refractivity contribution in [1.29, 1.82) is 0 Å². The van der Waals surface area contributed by atoms with E-state index in [1.807, 2.05) is 4.90 Å². The number of alkyl carbamates (subject to hydrolysis) is 1. The normalized spacial score (nSPS) is 26.2. The average Bonchev–Trinajstić information content (AvgIpc) is 2.15. The van der Waals surface area contributed by atoms with Gasteiger partial charge >= 0.3 is 6.09 Å². The van der Waals surface area contributed by atoms with Gasteiger partial charge in [-0.15, -0.1) is 0 Å². The van der Waals surface area contributed by atoms with Crippen LogP contribution in [-0.4, -0.2) is 55.7 Å². The molecule has 0 aliphatic carbocycles. The summed E-state index contributed by atoms with van der Waals surface area (Å²) in [7, 11) is 1.23. The number of rotatable bonds is 2. The minimum atomic E-state index is -0.707. The van der Waals surface area contributed by atoms with E-state index in [2.05, 4.69) is 29.2 Å². The van der Waals surface area contributed by atoms with Crippen molar-refractivity contribution in [2.75, 3.05) is 26.7 Å². The zero-order chi connectivity index (χ0) is 12.1. The van der Waals surface area contributed by atoms with Gasteiger partial charge in [0.1, 0.15) is 0 Å². The van der Waals surface area contributed by atoms with Gasteiger partial charge < -0.3 is 10.1 Å². The molecule has 0 bridgehead atoms. The number of carbonyl (C=O) groups excluding carboxylic acids is 2. The monoisotopic (exact) mass is 229 g/mol. The third-order valence-corrected chi connectivity index (χ3v) is 2.43. The Hall–Kier alpha value is -1.14. The van der Waals surface area contributed by atoms with Crippen molar-refractivity contribution >= 4 is 12.0 Å². The Morgan fingerprint density at radius 2 is 1.94 bits per heavy atom. The second kappa shape index (κ2) is 5.81. The fourth-order valence-electron chi connectivity index (χ4n) is 1.98. The lowest BCUT2D eigenvalue weighted by Gasteiger charge is -2.35. The van der Waals surface area contributed by atoms with Crippen LogP contribution in [0.5, 0.6) is 0 Å². The molecule has 92 valence electrons. The summed E-state index contributed by atoms with van der Waals surface area (Å²) in [5, 5.41) is 5.51. The number of hydrogen-bond acceptors (Lipinski definition) is 5. The van der Waals surface area contributed by atoms with E-state index in [9.17, 15) is 9.59 Å². The number of hydrogen-bond donors (Lipinski definition) is 2. The quantitative estimate of drug-likeness (QED) is 0.671. The van der Waals surface area contributed by atoms with Crippen molar-refractivity contribution in [2.45, 2.75) is 25.9 Å². The first-order valence-corrected chi connectivity index (χ1v) is 5.37. The summed E-state index contributed by atoms with van der Waals surface area (Å²) in [5.74, 6) is -0.326. The number of nitrogens with one attached hydrogen (secondary N) is 2. The summed E-state index contributed by atoms with van der Waals surface area (Å²) in [6.07, 6.45) is -0.707. The largest absolute Gasteiger partial charge is 0.453 e. The first-order valence-electron chi connectivity index (χ1n) is 5.37. The third kappa shape index (κ3) is 4.16. The summed E-state index contributed by atoms with van der Waals surface area (Å²) >= 11 is 0. The number of nitrogens with zero attached hydrogens (tertiary/aromatic N) is 1. The van der Waals surface area contributed by atoms with Crippen LogP contribution in [0.4, 0.5) is 4.79 Å². The maximum absolute atomic E-state index is 11.4. The van der Waals surface area contributed by atoms with E-state index >= 15 is 0 Å². The van der Waals surface area contributed by atoms with Crippen molar-refractivity contribution in [3.8, 4) is 0 Å². The molecule has 2 amide bonds. The molecule has 16 heavy (non-hydrogen) atoms. The Kier molecular flexibility index (Phi) is 4.70. The molecule has 6 heteroatoms. The SMILES string of the molecule is COC(=O)NC(=O)CN1CC(C)NC(C)C1. The molecule has 1 aliphatic heterocycles. The summed E-state index contributed by atoms with van der Waals surface area (Å²) in [5.41, 5.74) is 0. The first kappa shape index (κ1) is 12.9. The zero-order valence-electron chi connectivity index (χ0n) is 9.95. The Balaban J connectivity index is 2.35. The van der Waals surface area contributed by atoms with E-state index in [0.29, 0.717) is 12.1 Å². The maximum atomic E-state index is 11.4. The van der Waals surface area contributed by atoms with E-state index in [4.69, 9.17) is 0 Å².